The van der Waals surface area contributed by atoms with Crippen LogP contribution < -0.4 is 14.8 Å². The molecule has 1 aromatic carbocycles. The van der Waals surface area contributed by atoms with Gasteiger partial charge >= 0.3 is 0 Å². The molecule has 0 amide bonds. The van der Waals surface area contributed by atoms with E-state index in [0.29, 0.717) is 24.1 Å². The average Bonchev–Trinajstić information content (AvgIpc) is 2.51. The van der Waals surface area contributed by atoms with Crippen molar-refractivity contribution in [3.05, 3.63) is 42.1 Å². The van der Waals surface area contributed by atoms with Gasteiger partial charge in [-0.15, -0.1) is 0 Å². The molecule has 0 unspecified atom stereocenters. The third-order valence-corrected chi connectivity index (χ3v) is 2.56. The molecule has 2 aromatic rings. The number of hydrogen-bond donors (Lipinski definition) is 1. The molecule has 112 valence electrons. The Morgan fingerprint density at radius 2 is 2.14 bits per heavy atom. The van der Waals surface area contributed by atoms with Crippen LogP contribution in [0.5, 0.6) is 11.6 Å². The van der Waals surface area contributed by atoms with Gasteiger partial charge in [-0.25, -0.2) is 13.8 Å². The number of hydrogen-bond acceptors (Lipinski definition) is 5. The minimum absolute atomic E-state index is 0.404. The van der Waals surface area contributed by atoms with Gasteiger partial charge in [0.2, 0.25) is 11.8 Å². The summed E-state index contributed by atoms with van der Waals surface area (Å²) in [5.74, 6) is 1.29. The molecule has 0 saturated heterocycles. The molecule has 0 atom stereocenters. The highest BCUT2D eigenvalue weighted by molar-refractivity contribution is 5.33. The van der Waals surface area contributed by atoms with E-state index in [1.54, 1.807) is 30.5 Å². The summed E-state index contributed by atoms with van der Waals surface area (Å²) in [6, 6.07) is 8.56. The maximum atomic E-state index is 12.1. The number of rotatable bonds is 7. The molecule has 0 saturated carbocycles. The molecule has 0 aliphatic rings. The van der Waals surface area contributed by atoms with Crippen LogP contribution in [0.1, 0.15) is 5.56 Å². The van der Waals surface area contributed by atoms with Crippen LogP contribution in [0.25, 0.3) is 0 Å². The predicted molar refractivity (Wildman–Crippen MR) is 73.9 cm³/mol. The van der Waals surface area contributed by atoms with E-state index in [2.05, 4.69) is 15.3 Å². The van der Waals surface area contributed by atoms with Crippen molar-refractivity contribution in [1.29, 1.82) is 0 Å². The van der Waals surface area contributed by atoms with Crippen LogP contribution in [-0.4, -0.2) is 30.1 Å². The lowest BCUT2D eigenvalue weighted by atomic mass is 10.2. The Hall–Kier alpha value is -2.44. The van der Waals surface area contributed by atoms with E-state index in [1.807, 2.05) is 6.07 Å². The summed E-state index contributed by atoms with van der Waals surface area (Å²) < 4.78 is 34.2. The van der Waals surface area contributed by atoms with E-state index in [4.69, 9.17) is 9.47 Å². The highest BCUT2D eigenvalue weighted by Crippen LogP contribution is 2.15. The fourth-order valence-electron chi connectivity index (χ4n) is 1.63. The fourth-order valence-corrected chi connectivity index (χ4v) is 1.63. The van der Waals surface area contributed by atoms with E-state index in [0.717, 1.165) is 5.56 Å². The van der Waals surface area contributed by atoms with E-state index in [9.17, 15) is 8.78 Å². The SMILES string of the molecule is COc1ccnc(NCc2cccc(OCC(F)F)c2)n1. The number of alkyl halides is 2. The lowest BCUT2D eigenvalue weighted by Crippen LogP contribution is -2.08. The molecule has 0 bridgehead atoms. The molecule has 7 heteroatoms. The number of halogens is 2. The predicted octanol–water partition coefficient (Wildman–Crippen LogP) is 2.74. The zero-order valence-corrected chi connectivity index (χ0v) is 11.4. The summed E-state index contributed by atoms with van der Waals surface area (Å²) in [5, 5.41) is 3.02. The minimum atomic E-state index is -2.49. The quantitative estimate of drug-likeness (QED) is 0.851. The molecule has 1 N–H and O–H groups in total. The standard InChI is InChI=1S/C14H15F2N3O2/c1-20-13-5-6-17-14(19-13)18-8-10-3-2-4-11(7-10)21-9-12(15)16/h2-7,12H,8-9H2,1H3,(H,17,18,19). The Morgan fingerprint density at radius 1 is 1.29 bits per heavy atom. The van der Waals surface area contributed by atoms with Gasteiger partial charge in [0, 0.05) is 18.8 Å². The third-order valence-electron chi connectivity index (χ3n) is 2.56. The van der Waals surface area contributed by atoms with E-state index in [1.165, 1.54) is 7.11 Å². The van der Waals surface area contributed by atoms with Gasteiger partial charge in [-0.05, 0) is 17.7 Å². The van der Waals surface area contributed by atoms with Gasteiger partial charge < -0.3 is 14.8 Å². The van der Waals surface area contributed by atoms with Crippen molar-refractivity contribution in [3.8, 4) is 11.6 Å². The van der Waals surface area contributed by atoms with Crippen LogP contribution in [0, 0.1) is 0 Å². The van der Waals surface area contributed by atoms with Crippen molar-refractivity contribution in [3.63, 3.8) is 0 Å². The Balaban J connectivity index is 1.94. The number of nitrogens with one attached hydrogen (secondary N) is 1. The molecule has 0 spiro atoms. The van der Waals surface area contributed by atoms with Crippen molar-refractivity contribution in [2.24, 2.45) is 0 Å². The van der Waals surface area contributed by atoms with Crippen LogP contribution >= 0.6 is 0 Å². The fraction of sp³-hybridized carbons (Fsp3) is 0.286. The van der Waals surface area contributed by atoms with Crippen molar-refractivity contribution in [1.82, 2.24) is 9.97 Å². The minimum Gasteiger partial charge on any atom is -0.488 e. The van der Waals surface area contributed by atoms with Crippen LogP contribution in [-0.2, 0) is 6.54 Å². The molecule has 0 radical (unpaired) electrons. The van der Waals surface area contributed by atoms with Gasteiger partial charge in [0.15, 0.2) is 0 Å². The zero-order valence-electron chi connectivity index (χ0n) is 11.4. The summed E-state index contributed by atoms with van der Waals surface area (Å²) in [5.41, 5.74) is 0.869. The molecular weight excluding hydrogens is 280 g/mol. The number of ether oxygens (including phenoxy) is 2. The second-order valence-electron chi connectivity index (χ2n) is 4.13. The first-order chi connectivity index (χ1) is 10.2. The molecule has 2 rings (SSSR count). The van der Waals surface area contributed by atoms with Crippen molar-refractivity contribution in [2.75, 3.05) is 19.0 Å². The molecular formula is C14H15F2N3O2. The summed E-state index contributed by atoms with van der Waals surface area (Å²) in [6.45, 7) is -0.172. The first kappa shape index (κ1) is 15.0. The maximum Gasteiger partial charge on any atom is 0.272 e. The second kappa shape index (κ2) is 7.37. The maximum absolute atomic E-state index is 12.1. The highest BCUT2D eigenvalue weighted by atomic mass is 19.3. The van der Waals surface area contributed by atoms with E-state index in [-0.39, 0.29) is 0 Å². The number of anilines is 1. The number of nitrogens with zero attached hydrogens (tertiary/aromatic N) is 2. The summed E-state index contributed by atoms with van der Waals surface area (Å²) >= 11 is 0. The van der Waals surface area contributed by atoms with Crippen molar-refractivity contribution < 1.29 is 18.3 Å². The van der Waals surface area contributed by atoms with Gasteiger partial charge in [0.05, 0.1) is 7.11 Å². The molecule has 0 aliphatic heterocycles. The largest absolute Gasteiger partial charge is 0.488 e. The summed E-state index contributed by atoms with van der Waals surface area (Å²) in [4.78, 5) is 8.17. The van der Waals surface area contributed by atoms with E-state index < -0.39 is 13.0 Å². The van der Waals surface area contributed by atoms with Crippen LogP contribution in [0.3, 0.4) is 0 Å². The Labute approximate surface area is 120 Å². The van der Waals surface area contributed by atoms with Gasteiger partial charge in [-0.3, -0.25) is 0 Å². The number of aromatic nitrogens is 2. The average molecular weight is 295 g/mol. The summed E-state index contributed by atoms with van der Waals surface area (Å²) in [7, 11) is 1.52. The molecule has 21 heavy (non-hydrogen) atoms. The Kier molecular flexibility index (Phi) is 5.25. The van der Waals surface area contributed by atoms with Crippen LogP contribution in [0.4, 0.5) is 14.7 Å². The van der Waals surface area contributed by atoms with Gasteiger partial charge in [-0.1, -0.05) is 12.1 Å². The normalized spacial score (nSPS) is 10.5. The lowest BCUT2D eigenvalue weighted by molar-refractivity contribution is 0.0818. The molecule has 5 nitrogen and oxygen atoms in total. The molecule has 0 fully saturated rings. The summed E-state index contributed by atoms with van der Waals surface area (Å²) in [6.07, 6.45) is -0.909. The van der Waals surface area contributed by atoms with Crippen molar-refractivity contribution in [2.45, 2.75) is 13.0 Å². The number of benzene rings is 1. The molecule has 1 aromatic heterocycles. The second-order valence-corrected chi connectivity index (χ2v) is 4.13. The lowest BCUT2D eigenvalue weighted by Gasteiger charge is -2.09. The highest BCUT2D eigenvalue weighted by Gasteiger charge is 2.04. The molecule has 0 aliphatic carbocycles. The Bertz CT molecular complexity index is 582. The third kappa shape index (κ3) is 4.87. The number of methoxy groups -OCH3 is 1. The Morgan fingerprint density at radius 3 is 2.90 bits per heavy atom. The zero-order chi connectivity index (χ0) is 15.1. The van der Waals surface area contributed by atoms with E-state index >= 15 is 0 Å². The van der Waals surface area contributed by atoms with Crippen LogP contribution in [0.2, 0.25) is 0 Å². The van der Waals surface area contributed by atoms with Crippen LogP contribution in [0.15, 0.2) is 36.5 Å². The first-order valence-electron chi connectivity index (χ1n) is 6.28. The topological polar surface area (TPSA) is 56.3 Å². The smallest absolute Gasteiger partial charge is 0.272 e. The van der Waals surface area contributed by atoms with Gasteiger partial charge in [-0.2, -0.15) is 4.98 Å². The van der Waals surface area contributed by atoms with Crippen molar-refractivity contribution >= 4 is 5.95 Å². The monoisotopic (exact) mass is 295 g/mol. The first-order valence-corrected chi connectivity index (χ1v) is 6.28. The molecule has 1 heterocycles. The van der Waals surface area contributed by atoms with Gasteiger partial charge in [0.25, 0.3) is 6.43 Å². The van der Waals surface area contributed by atoms with Gasteiger partial charge in [0.1, 0.15) is 12.4 Å².